The number of hydrogen-bond acceptors (Lipinski definition) is 2. The number of benzene rings is 1. The van der Waals surface area contributed by atoms with E-state index in [1.807, 2.05) is 30.5 Å². The monoisotopic (exact) mass is 241 g/mol. The lowest BCUT2D eigenvalue weighted by Crippen LogP contribution is -2.30. The first-order valence-corrected chi connectivity index (χ1v) is 5.84. The van der Waals surface area contributed by atoms with Gasteiger partial charge < -0.3 is 9.88 Å². The van der Waals surface area contributed by atoms with Crippen molar-refractivity contribution in [3.8, 4) is 6.07 Å². The Morgan fingerprint density at radius 3 is 3.00 bits per heavy atom. The number of nitriles is 1. The summed E-state index contributed by atoms with van der Waals surface area (Å²) in [7, 11) is 1.72. The van der Waals surface area contributed by atoms with Gasteiger partial charge in [0.1, 0.15) is 0 Å². The fourth-order valence-electron chi connectivity index (χ4n) is 2.01. The third kappa shape index (κ3) is 2.21. The molecule has 0 saturated heterocycles. The summed E-state index contributed by atoms with van der Waals surface area (Å²) in [6, 6.07) is 9.63. The summed E-state index contributed by atoms with van der Waals surface area (Å²) in [6.07, 6.45) is 1.82. The van der Waals surface area contributed by atoms with Crippen LogP contribution in [0.2, 0.25) is 0 Å². The van der Waals surface area contributed by atoms with Crippen LogP contribution in [0.1, 0.15) is 17.3 Å². The lowest BCUT2D eigenvalue weighted by atomic mass is 10.1. The molecule has 0 radical (unpaired) electrons. The minimum absolute atomic E-state index is 0.0534. The SMILES string of the molecule is CC(C#N)CN(C)C(=O)c1cccc2[nH]ccc12. The summed E-state index contributed by atoms with van der Waals surface area (Å²) in [6.45, 7) is 2.25. The van der Waals surface area contributed by atoms with E-state index in [0.29, 0.717) is 12.1 Å². The van der Waals surface area contributed by atoms with Crippen LogP contribution < -0.4 is 0 Å². The Bertz CT molecular complexity index is 609. The highest BCUT2D eigenvalue weighted by Gasteiger charge is 2.16. The molecule has 0 aliphatic heterocycles. The van der Waals surface area contributed by atoms with Crippen molar-refractivity contribution in [2.45, 2.75) is 6.92 Å². The van der Waals surface area contributed by atoms with Crippen molar-refractivity contribution in [3.63, 3.8) is 0 Å². The van der Waals surface area contributed by atoms with Gasteiger partial charge in [-0.05, 0) is 25.1 Å². The zero-order chi connectivity index (χ0) is 13.1. The summed E-state index contributed by atoms with van der Waals surface area (Å²) in [5.41, 5.74) is 1.61. The predicted octanol–water partition coefficient (Wildman–Crippen LogP) is 2.40. The minimum atomic E-state index is -0.163. The molecule has 0 saturated carbocycles. The minimum Gasteiger partial charge on any atom is -0.361 e. The standard InChI is InChI=1S/C14H15N3O/c1-10(8-15)9-17(2)14(18)12-4-3-5-13-11(12)6-7-16-13/h3-7,10,16H,9H2,1-2H3. The second-order valence-corrected chi connectivity index (χ2v) is 4.46. The van der Waals surface area contributed by atoms with E-state index in [9.17, 15) is 4.79 Å². The van der Waals surface area contributed by atoms with E-state index in [0.717, 1.165) is 10.9 Å². The molecule has 0 bridgehead atoms. The van der Waals surface area contributed by atoms with Crippen molar-refractivity contribution in [1.29, 1.82) is 5.26 Å². The van der Waals surface area contributed by atoms with E-state index in [1.165, 1.54) is 0 Å². The average Bonchev–Trinajstić information content (AvgIpc) is 2.85. The second-order valence-electron chi connectivity index (χ2n) is 4.46. The van der Waals surface area contributed by atoms with Gasteiger partial charge >= 0.3 is 0 Å². The summed E-state index contributed by atoms with van der Waals surface area (Å²) in [4.78, 5) is 17.0. The quantitative estimate of drug-likeness (QED) is 0.897. The van der Waals surface area contributed by atoms with Gasteiger partial charge in [-0.3, -0.25) is 4.79 Å². The Morgan fingerprint density at radius 2 is 2.28 bits per heavy atom. The van der Waals surface area contributed by atoms with Gasteiger partial charge in [0.2, 0.25) is 0 Å². The molecular formula is C14H15N3O. The first-order valence-electron chi connectivity index (χ1n) is 5.84. The van der Waals surface area contributed by atoms with Crippen LogP contribution in [-0.4, -0.2) is 29.4 Å². The molecule has 4 nitrogen and oxygen atoms in total. The van der Waals surface area contributed by atoms with Crippen LogP contribution in [0.3, 0.4) is 0 Å². The first-order chi connectivity index (χ1) is 8.63. The molecule has 0 aliphatic rings. The van der Waals surface area contributed by atoms with Crippen LogP contribution in [0.15, 0.2) is 30.5 Å². The third-order valence-electron chi connectivity index (χ3n) is 2.94. The molecule has 0 spiro atoms. The number of H-pyrrole nitrogens is 1. The van der Waals surface area contributed by atoms with Gasteiger partial charge in [-0.25, -0.2) is 0 Å². The molecule has 18 heavy (non-hydrogen) atoms. The first kappa shape index (κ1) is 12.2. The maximum atomic E-state index is 12.3. The zero-order valence-corrected chi connectivity index (χ0v) is 10.5. The van der Waals surface area contributed by atoms with Crippen LogP contribution in [0, 0.1) is 17.2 Å². The second kappa shape index (κ2) is 4.92. The van der Waals surface area contributed by atoms with Crippen LogP contribution in [-0.2, 0) is 0 Å². The Balaban J connectivity index is 2.29. The molecule has 2 rings (SSSR count). The number of rotatable bonds is 3. The summed E-state index contributed by atoms with van der Waals surface area (Å²) >= 11 is 0. The van der Waals surface area contributed by atoms with Gasteiger partial charge in [-0.2, -0.15) is 5.26 Å². The molecule has 1 atom stereocenters. The molecule has 0 aliphatic carbocycles. The van der Waals surface area contributed by atoms with E-state index in [2.05, 4.69) is 11.1 Å². The lowest BCUT2D eigenvalue weighted by Gasteiger charge is -2.18. The normalized spacial score (nSPS) is 12.1. The number of hydrogen-bond donors (Lipinski definition) is 1. The van der Waals surface area contributed by atoms with E-state index in [1.54, 1.807) is 18.9 Å². The van der Waals surface area contributed by atoms with Crippen molar-refractivity contribution >= 4 is 16.8 Å². The molecule has 1 heterocycles. The summed E-state index contributed by atoms with van der Waals surface area (Å²) in [5, 5.41) is 9.70. The van der Waals surface area contributed by atoms with E-state index in [4.69, 9.17) is 5.26 Å². The van der Waals surface area contributed by atoms with Crippen molar-refractivity contribution in [1.82, 2.24) is 9.88 Å². The maximum absolute atomic E-state index is 12.3. The maximum Gasteiger partial charge on any atom is 0.254 e. The van der Waals surface area contributed by atoms with Crippen LogP contribution >= 0.6 is 0 Å². The molecule has 1 amide bonds. The van der Waals surface area contributed by atoms with Gasteiger partial charge in [-0.1, -0.05) is 6.07 Å². The number of carbonyl (C=O) groups is 1. The number of nitrogens with zero attached hydrogens (tertiary/aromatic N) is 2. The van der Waals surface area contributed by atoms with Gasteiger partial charge in [-0.15, -0.1) is 0 Å². The van der Waals surface area contributed by atoms with Crippen molar-refractivity contribution in [2.75, 3.05) is 13.6 Å². The molecule has 2 aromatic rings. The molecule has 1 unspecified atom stereocenters. The Kier molecular flexibility index (Phi) is 3.33. The number of fused-ring (bicyclic) bond motifs is 1. The summed E-state index contributed by atoms with van der Waals surface area (Å²) < 4.78 is 0. The number of aromatic nitrogens is 1. The largest absolute Gasteiger partial charge is 0.361 e. The van der Waals surface area contributed by atoms with Gasteiger partial charge in [0.15, 0.2) is 0 Å². The number of carbonyl (C=O) groups excluding carboxylic acids is 1. The molecule has 4 heteroatoms. The highest BCUT2D eigenvalue weighted by atomic mass is 16.2. The van der Waals surface area contributed by atoms with E-state index < -0.39 is 0 Å². The van der Waals surface area contributed by atoms with Crippen LogP contribution in [0.5, 0.6) is 0 Å². The number of aromatic amines is 1. The predicted molar refractivity (Wildman–Crippen MR) is 70.0 cm³/mol. The van der Waals surface area contributed by atoms with Crippen LogP contribution in [0.25, 0.3) is 10.9 Å². The molecule has 92 valence electrons. The fourth-order valence-corrected chi connectivity index (χ4v) is 2.01. The highest BCUT2D eigenvalue weighted by molar-refractivity contribution is 6.06. The van der Waals surface area contributed by atoms with Crippen LogP contribution in [0.4, 0.5) is 0 Å². The smallest absolute Gasteiger partial charge is 0.254 e. The topological polar surface area (TPSA) is 59.9 Å². The van der Waals surface area contributed by atoms with Crippen molar-refractivity contribution in [3.05, 3.63) is 36.0 Å². The molecule has 1 aromatic heterocycles. The fraction of sp³-hybridized carbons (Fsp3) is 0.286. The highest BCUT2D eigenvalue weighted by Crippen LogP contribution is 2.19. The van der Waals surface area contributed by atoms with E-state index in [-0.39, 0.29) is 11.8 Å². The zero-order valence-electron chi connectivity index (χ0n) is 10.5. The molecular weight excluding hydrogens is 226 g/mol. The summed E-state index contributed by atoms with van der Waals surface area (Å²) in [5.74, 6) is -0.216. The van der Waals surface area contributed by atoms with Gasteiger partial charge in [0.25, 0.3) is 5.91 Å². The Labute approximate surface area is 106 Å². The Hall–Kier alpha value is -2.28. The van der Waals surface area contributed by atoms with Gasteiger partial charge in [0.05, 0.1) is 12.0 Å². The average molecular weight is 241 g/mol. The van der Waals surface area contributed by atoms with Crippen molar-refractivity contribution in [2.24, 2.45) is 5.92 Å². The number of amides is 1. The molecule has 1 aromatic carbocycles. The molecule has 1 N–H and O–H groups in total. The lowest BCUT2D eigenvalue weighted by molar-refractivity contribution is 0.0787. The van der Waals surface area contributed by atoms with Crippen molar-refractivity contribution < 1.29 is 4.79 Å². The van der Waals surface area contributed by atoms with E-state index >= 15 is 0 Å². The number of nitrogens with one attached hydrogen (secondary N) is 1. The Morgan fingerprint density at radius 1 is 1.50 bits per heavy atom. The third-order valence-corrected chi connectivity index (χ3v) is 2.94. The van der Waals surface area contributed by atoms with Gasteiger partial charge in [0, 0.05) is 36.3 Å². The molecule has 0 fully saturated rings.